The Morgan fingerprint density at radius 3 is 2.70 bits per heavy atom. The van der Waals surface area contributed by atoms with Crippen molar-refractivity contribution < 1.29 is 9.47 Å². The Morgan fingerprint density at radius 2 is 1.95 bits per heavy atom. The van der Waals surface area contributed by atoms with Crippen molar-refractivity contribution >= 4 is 0 Å². The number of hydrogen-bond donors (Lipinski definition) is 1. The first-order chi connectivity index (χ1) is 9.69. The second-order valence-electron chi connectivity index (χ2n) is 5.21. The van der Waals surface area contributed by atoms with E-state index in [9.17, 15) is 0 Å². The van der Waals surface area contributed by atoms with E-state index in [0.29, 0.717) is 0 Å². The molecule has 0 fully saturated rings. The fraction of sp³-hybridized carbons (Fsp3) is 0.294. The molecule has 1 aliphatic heterocycles. The molecule has 0 aromatic heterocycles. The van der Waals surface area contributed by atoms with Gasteiger partial charge in [-0.3, -0.25) is 0 Å². The summed E-state index contributed by atoms with van der Waals surface area (Å²) >= 11 is 0. The van der Waals surface area contributed by atoms with Crippen LogP contribution < -0.4 is 15.2 Å². The third-order valence-electron chi connectivity index (χ3n) is 3.89. The quantitative estimate of drug-likeness (QED) is 0.907. The molecule has 1 heterocycles. The molecule has 0 amide bonds. The van der Waals surface area contributed by atoms with Gasteiger partial charge in [0.15, 0.2) is 0 Å². The Morgan fingerprint density at radius 1 is 1.15 bits per heavy atom. The van der Waals surface area contributed by atoms with Crippen LogP contribution in [0.1, 0.15) is 35.3 Å². The van der Waals surface area contributed by atoms with E-state index in [0.717, 1.165) is 23.5 Å². The Kier molecular flexibility index (Phi) is 3.36. The Bertz CT molecular complexity index is 624. The number of nitrogens with two attached hydrogens (primary N) is 1. The summed E-state index contributed by atoms with van der Waals surface area (Å²) in [4.78, 5) is 0. The van der Waals surface area contributed by atoms with Crippen molar-refractivity contribution in [2.45, 2.75) is 25.5 Å². The molecule has 0 saturated carbocycles. The summed E-state index contributed by atoms with van der Waals surface area (Å²) < 4.78 is 11.4. The van der Waals surface area contributed by atoms with E-state index >= 15 is 0 Å². The molecule has 20 heavy (non-hydrogen) atoms. The first-order valence-corrected chi connectivity index (χ1v) is 6.84. The molecule has 0 aliphatic carbocycles. The first kappa shape index (κ1) is 13.0. The highest BCUT2D eigenvalue weighted by molar-refractivity contribution is 5.44. The monoisotopic (exact) mass is 269 g/mol. The summed E-state index contributed by atoms with van der Waals surface area (Å²) in [5.74, 6) is 1.68. The van der Waals surface area contributed by atoms with Gasteiger partial charge in [-0.15, -0.1) is 0 Å². The SMILES string of the molecule is COc1ccc2c(c1)[C@@H](N)CC(c1ccccc1C)O2. The molecule has 1 unspecified atom stereocenters. The lowest BCUT2D eigenvalue weighted by Gasteiger charge is -2.31. The molecule has 104 valence electrons. The molecule has 3 heteroatoms. The van der Waals surface area contributed by atoms with E-state index in [1.54, 1.807) is 7.11 Å². The standard InChI is InChI=1S/C17H19NO2/c1-11-5-3-4-6-13(11)17-10-15(18)14-9-12(19-2)7-8-16(14)20-17/h3-9,15,17H,10,18H2,1-2H3/t15-,17?/m0/s1. The van der Waals surface area contributed by atoms with Crippen molar-refractivity contribution in [3.8, 4) is 11.5 Å². The molecule has 2 N–H and O–H groups in total. The van der Waals surface area contributed by atoms with Crippen LogP contribution in [0.3, 0.4) is 0 Å². The van der Waals surface area contributed by atoms with E-state index in [1.807, 2.05) is 30.3 Å². The number of ether oxygens (including phenoxy) is 2. The number of hydrogen-bond acceptors (Lipinski definition) is 3. The Balaban J connectivity index is 1.95. The molecule has 2 aromatic carbocycles. The zero-order valence-corrected chi connectivity index (χ0v) is 11.8. The van der Waals surface area contributed by atoms with Gasteiger partial charge in [0.25, 0.3) is 0 Å². The maximum Gasteiger partial charge on any atom is 0.126 e. The van der Waals surface area contributed by atoms with Gasteiger partial charge >= 0.3 is 0 Å². The van der Waals surface area contributed by atoms with Crippen molar-refractivity contribution in [2.75, 3.05) is 7.11 Å². The summed E-state index contributed by atoms with van der Waals surface area (Å²) in [6, 6.07) is 14.1. The summed E-state index contributed by atoms with van der Waals surface area (Å²) in [5.41, 5.74) is 9.78. The van der Waals surface area contributed by atoms with Crippen molar-refractivity contribution in [1.82, 2.24) is 0 Å². The summed E-state index contributed by atoms with van der Waals surface area (Å²) in [7, 11) is 1.66. The molecule has 0 bridgehead atoms. The normalized spacial score (nSPS) is 20.9. The fourth-order valence-electron chi connectivity index (χ4n) is 2.75. The Labute approximate surface area is 119 Å². The zero-order chi connectivity index (χ0) is 14.1. The molecule has 0 radical (unpaired) electrons. The summed E-state index contributed by atoms with van der Waals surface area (Å²) in [5, 5.41) is 0. The zero-order valence-electron chi connectivity index (χ0n) is 11.8. The maximum absolute atomic E-state index is 6.31. The van der Waals surface area contributed by atoms with Gasteiger partial charge in [0.2, 0.25) is 0 Å². The highest BCUT2D eigenvalue weighted by Gasteiger charge is 2.28. The fourth-order valence-corrected chi connectivity index (χ4v) is 2.75. The lowest BCUT2D eigenvalue weighted by Crippen LogP contribution is -2.24. The van der Waals surface area contributed by atoms with Crippen LogP contribution in [0.25, 0.3) is 0 Å². The minimum absolute atomic E-state index is 0.0205. The average Bonchev–Trinajstić information content (AvgIpc) is 2.47. The predicted molar refractivity (Wildman–Crippen MR) is 79.1 cm³/mol. The van der Waals surface area contributed by atoms with Crippen LogP contribution in [0.4, 0.5) is 0 Å². The summed E-state index contributed by atoms with van der Waals surface area (Å²) in [6.45, 7) is 2.10. The van der Waals surface area contributed by atoms with Gasteiger partial charge in [0, 0.05) is 18.0 Å². The number of fused-ring (bicyclic) bond motifs is 1. The van der Waals surface area contributed by atoms with Crippen molar-refractivity contribution in [2.24, 2.45) is 5.73 Å². The van der Waals surface area contributed by atoms with Gasteiger partial charge < -0.3 is 15.2 Å². The highest BCUT2D eigenvalue weighted by Crippen LogP contribution is 2.41. The third kappa shape index (κ3) is 2.25. The molecule has 2 aromatic rings. The largest absolute Gasteiger partial charge is 0.497 e. The number of aryl methyl sites for hydroxylation is 1. The van der Waals surface area contributed by atoms with Gasteiger partial charge in [-0.2, -0.15) is 0 Å². The van der Waals surface area contributed by atoms with Gasteiger partial charge in [0.1, 0.15) is 17.6 Å². The van der Waals surface area contributed by atoms with Gasteiger partial charge in [-0.1, -0.05) is 24.3 Å². The van der Waals surface area contributed by atoms with Gasteiger partial charge in [-0.05, 0) is 36.2 Å². The Hall–Kier alpha value is -2.00. The summed E-state index contributed by atoms with van der Waals surface area (Å²) in [6.07, 6.45) is 0.803. The van der Waals surface area contributed by atoms with Crippen LogP contribution >= 0.6 is 0 Å². The van der Waals surface area contributed by atoms with Crippen molar-refractivity contribution in [1.29, 1.82) is 0 Å². The molecular weight excluding hydrogens is 250 g/mol. The predicted octanol–water partition coefficient (Wildman–Crippen LogP) is 3.53. The topological polar surface area (TPSA) is 44.5 Å². The number of methoxy groups -OCH3 is 1. The van der Waals surface area contributed by atoms with Crippen molar-refractivity contribution in [3.05, 3.63) is 59.2 Å². The molecule has 0 spiro atoms. The lowest BCUT2D eigenvalue weighted by molar-refractivity contribution is 0.160. The molecule has 0 saturated heterocycles. The second kappa shape index (κ2) is 5.17. The van der Waals surface area contributed by atoms with E-state index in [1.165, 1.54) is 11.1 Å². The third-order valence-corrected chi connectivity index (χ3v) is 3.89. The van der Waals surface area contributed by atoms with E-state index in [4.69, 9.17) is 15.2 Å². The molecule has 2 atom stereocenters. The lowest BCUT2D eigenvalue weighted by atomic mass is 9.91. The van der Waals surface area contributed by atoms with Crippen LogP contribution in [-0.4, -0.2) is 7.11 Å². The average molecular weight is 269 g/mol. The van der Waals surface area contributed by atoms with Crippen LogP contribution in [0.15, 0.2) is 42.5 Å². The minimum atomic E-state index is -0.0292. The molecule has 1 aliphatic rings. The highest BCUT2D eigenvalue weighted by atomic mass is 16.5. The van der Waals surface area contributed by atoms with E-state index in [-0.39, 0.29) is 12.1 Å². The number of benzene rings is 2. The first-order valence-electron chi connectivity index (χ1n) is 6.84. The van der Waals surface area contributed by atoms with Crippen LogP contribution in [0.5, 0.6) is 11.5 Å². The van der Waals surface area contributed by atoms with Crippen LogP contribution in [0.2, 0.25) is 0 Å². The second-order valence-corrected chi connectivity index (χ2v) is 5.21. The van der Waals surface area contributed by atoms with Crippen LogP contribution in [-0.2, 0) is 0 Å². The minimum Gasteiger partial charge on any atom is -0.497 e. The molecule has 3 nitrogen and oxygen atoms in total. The molecule has 3 rings (SSSR count). The van der Waals surface area contributed by atoms with E-state index < -0.39 is 0 Å². The smallest absolute Gasteiger partial charge is 0.126 e. The maximum atomic E-state index is 6.31. The number of rotatable bonds is 2. The van der Waals surface area contributed by atoms with E-state index in [2.05, 4.69) is 19.1 Å². The molecular formula is C17H19NO2. The van der Waals surface area contributed by atoms with Crippen molar-refractivity contribution in [3.63, 3.8) is 0 Å². The van der Waals surface area contributed by atoms with Gasteiger partial charge in [0.05, 0.1) is 7.11 Å². The van der Waals surface area contributed by atoms with Crippen LogP contribution in [0, 0.1) is 6.92 Å². The van der Waals surface area contributed by atoms with Gasteiger partial charge in [-0.25, -0.2) is 0 Å².